The lowest BCUT2D eigenvalue weighted by molar-refractivity contribution is 0.0978. The van der Waals surface area contributed by atoms with Crippen LogP contribution in [0.4, 0.5) is 5.69 Å². The minimum atomic E-state index is -3.70. The molecule has 0 atom stereocenters. The Morgan fingerprint density at radius 1 is 0.786 bits per heavy atom. The van der Waals surface area contributed by atoms with Crippen LogP contribution in [-0.2, 0) is 10.0 Å². The van der Waals surface area contributed by atoms with Crippen LogP contribution in [-0.4, -0.2) is 54.8 Å². The van der Waals surface area contributed by atoms with Crippen LogP contribution in [0.2, 0.25) is 10.0 Å². The molecular formula is C31H28Cl2N4O3S2. The molecule has 1 fully saturated rings. The number of piperazine rings is 1. The van der Waals surface area contributed by atoms with E-state index >= 15 is 0 Å². The number of nitrogens with zero attached hydrogens (tertiary/aromatic N) is 2. The topological polar surface area (TPSA) is 81.8 Å². The second-order valence-electron chi connectivity index (χ2n) is 9.72. The number of rotatable bonds is 7. The lowest BCUT2D eigenvalue weighted by Gasteiger charge is -2.39. The second kappa shape index (κ2) is 13.3. The minimum Gasteiger partial charge on any atom is -0.332 e. The molecule has 42 heavy (non-hydrogen) atoms. The summed E-state index contributed by atoms with van der Waals surface area (Å²) in [7, 11) is -3.70. The van der Waals surface area contributed by atoms with E-state index in [2.05, 4.69) is 39.8 Å². The molecule has 4 aromatic rings. The van der Waals surface area contributed by atoms with Gasteiger partial charge in [-0.05, 0) is 65.8 Å². The molecule has 1 amide bonds. The molecule has 0 aliphatic carbocycles. The standard InChI is InChI=1S/C31H28Cl2N4O3S2/c32-24-11-16-27(28(33)21-24)30(38)35-31(41)34-25-12-14-26(15-13-25)42(39,40)37-19-17-36(18-20-37)29(22-7-3-1-4-8-22)23-9-5-2-6-10-23/h1-16,21,29H,17-20H2,(H2,34,35,38,41). The zero-order chi connectivity index (χ0) is 29.7. The molecule has 11 heteroatoms. The number of carbonyl (C=O) groups excluding carboxylic acids is 1. The van der Waals surface area contributed by atoms with Crippen molar-refractivity contribution in [3.63, 3.8) is 0 Å². The SMILES string of the molecule is O=C(NC(=S)Nc1ccc(S(=O)(=O)N2CCN(C(c3ccccc3)c3ccccc3)CC2)cc1)c1ccc(Cl)cc1Cl. The van der Waals surface area contributed by atoms with Crippen molar-refractivity contribution in [2.24, 2.45) is 0 Å². The van der Waals surface area contributed by atoms with Crippen LogP contribution in [0.5, 0.6) is 0 Å². The van der Waals surface area contributed by atoms with E-state index in [-0.39, 0.29) is 26.6 Å². The fourth-order valence-corrected chi connectivity index (χ4v) is 7.08. The fourth-order valence-electron chi connectivity index (χ4n) is 4.95. The highest BCUT2D eigenvalue weighted by Gasteiger charge is 2.32. The molecule has 1 aliphatic rings. The van der Waals surface area contributed by atoms with Gasteiger partial charge in [0.05, 0.1) is 21.5 Å². The highest BCUT2D eigenvalue weighted by molar-refractivity contribution is 7.89. The average molecular weight is 640 g/mol. The molecule has 5 rings (SSSR count). The maximum Gasteiger partial charge on any atom is 0.258 e. The Labute approximate surface area is 261 Å². The molecule has 0 aromatic heterocycles. The highest BCUT2D eigenvalue weighted by atomic mass is 35.5. The first kappa shape index (κ1) is 30.2. The number of carbonyl (C=O) groups is 1. The number of halogens is 2. The van der Waals surface area contributed by atoms with Crippen LogP contribution in [0.15, 0.2) is 108 Å². The van der Waals surface area contributed by atoms with Crippen molar-refractivity contribution >= 4 is 62.2 Å². The van der Waals surface area contributed by atoms with Crippen LogP contribution in [0.25, 0.3) is 0 Å². The summed E-state index contributed by atoms with van der Waals surface area (Å²) in [5.41, 5.74) is 3.10. The van der Waals surface area contributed by atoms with Gasteiger partial charge >= 0.3 is 0 Å². The number of thiocarbonyl (C=S) groups is 1. The van der Waals surface area contributed by atoms with Gasteiger partial charge in [-0.25, -0.2) is 8.42 Å². The predicted octanol–water partition coefficient (Wildman–Crippen LogP) is 6.22. The van der Waals surface area contributed by atoms with Gasteiger partial charge in [0.15, 0.2) is 5.11 Å². The van der Waals surface area contributed by atoms with Gasteiger partial charge in [0.1, 0.15) is 0 Å². The molecule has 0 unspecified atom stereocenters. The van der Waals surface area contributed by atoms with E-state index < -0.39 is 15.9 Å². The normalized spacial score (nSPS) is 14.5. The molecule has 7 nitrogen and oxygen atoms in total. The van der Waals surface area contributed by atoms with Crippen molar-refractivity contribution in [3.05, 3.63) is 130 Å². The first-order chi connectivity index (χ1) is 20.2. The van der Waals surface area contributed by atoms with Crippen LogP contribution in [0.3, 0.4) is 0 Å². The van der Waals surface area contributed by atoms with E-state index in [1.165, 1.54) is 39.7 Å². The summed E-state index contributed by atoms with van der Waals surface area (Å²) >= 11 is 17.2. The summed E-state index contributed by atoms with van der Waals surface area (Å²) in [6.07, 6.45) is 0. The van der Waals surface area contributed by atoms with Crippen molar-refractivity contribution < 1.29 is 13.2 Å². The number of amides is 1. The van der Waals surface area contributed by atoms with E-state index in [0.29, 0.717) is 36.9 Å². The third-order valence-electron chi connectivity index (χ3n) is 7.02. The largest absolute Gasteiger partial charge is 0.332 e. The van der Waals surface area contributed by atoms with E-state index in [4.69, 9.17) is 35.4 Å². The Morgan fingerprint density at radius 3 is 1.90 bits per heavy atom. The Kier molecular flexibility index (Phi) is 9.57. The molecule has 1 heterocycles. The van der Waals surface area contributed by atoms with Gasteiger partial charge in [-0.1, -0.05) is 83.9 Å². The maximum absolute atomic E-state index is 13.5. The third kappa shape index (κ3) is 7.00. The Bertz CT molecular complexity index is 1620. The Morgan fingerprint density at radius 2 is 1.36 bits per heavy atom. The first-order valence-electron chi connectivity index (χ1n) is 13.2. The fraction of sp³-hybridized carbons (Fsp3) is 0.161. The summed E-state index contributed by atoms with van der Waals surface area (Å²) in [5.74, 6) is -0.491. The average Bonchev–Trinajstić information content (AvgIpc) is 2.99. The van der Waals surface area contributed by atoms with Crippen molar-refractivity contribution in [2.75, 3.05) is 31.5 Å². The highest BCUT2D eigenvalue weighted by Crippen LogP contribution is 2.30. The van der Waals surface area contributed by atoms with Crippen molar-refractivity contribution in [2.45, 2.75) is 10.9 Å². The number of hydrogen-bond donors (Lipinski definition) is 2. The number of benzene rings is 4. The van der Waals surface area contributed by atoms with Gasteiger partial charge in [-0.15, -0.1) is 0 Å². The summed E-state index contributed by atoms with van der Waals surface area (Å²) < 4.78 is 28.5. The molecule has 1 saturated heterocycles. The van der Waals surface area contributed by atoms with Gasteiger partial charge < -0.3 is 5.32 Å². The number of anilines is 1. The van der Waals surface area contributed by atoms with Gasteiger partial charge in [-0.3, -0.25) is 15.0 Å². The molecule has 0 bridgehead atoms. The molecule has 0 radical (unpaired) electrons. The van der Waals surface area contributed by atoms with E-state index in [1.807, 2.05) is 36.4 Å². The molecule has 0 spiro atoms. The van der Waals surface area contributed by atoms with E-state index in [0.717, 1.165) is 0 Å². The number of sulfonamides is 1. The van der Waals surface area contributed by atoms with Crippen molar-refractivity contribution in [1.29, 1.82) is 0 Å². The molecule has 4 aromatic carbocycles. The predicted molar refractivity (Wildman–Crippen MR) is 172 cm³/mol. The van der Waals surface area contributed by atoms with Gasteiger partial charge in [0.25, 0.3) is 5.91 Å². The van der Waals surface area contributed by atoms with Crippen molar-refractivity contribution in [3.8, 4) is 0 Å². The maximum atomic E-state index is 13.5. The van der Waals surface area contributed by atoms with Gasteiger partial charge in [0.2, 0.25) is 10.0 Å². The molecule has 1 aliphatic heterocycles. The third-order valence-corrected chi connectivity index (χ3v) is 9.69. The van der Waals surface area contributed by atoms with Crippen molar-refractivity contribution in [1.82, 2.24) is 14.5 Å². The minimum absolute atomic E-state index is 0.0441. The van der Waals surface area contributed by atoms with Crippen LogP contribution in [0, 0.1) is 0 Å². The molecular weight excluding hydrogens is 611 g/mol. The first-order valence-corrected chi connectivity index (χ1v) is 15.8. The Hall–Kier alpha value is -3.31. The van der Waals surface area contributed by atoms with Gasteiger partial charge in [-0.2, -0.15) is 4.31 Å². The van der Waals surface area contributed by atoms with E-state index in [1.54, 1.807) is 18.2 Å². The van der Waals surface area contributed by atoms with Crippen LogP contribution in [0.1, 0.15) is 27.5 Å². The van der Waals surface area contributed by atoms with E-state index in [9.17, 15) is 13.2 Å². The second-order valence-corrected chi connectivity index (χ2v) is 12.9. The van der Waals surface area contributed by atoms with Crippen LogP contribution >= 0.6 is 35.4 Å². The summed E-state index contributed by atoms with van der Waals surface area (Å²) in [6.45, 7) is 1.95. The molecule has 0 saturated carbocycles. The Balaban J connectivity index is 1.21. The summed E-state index contributed by atoms with van der Waals surface area (Å²) in [6, 6.07) is 31.4. The lowest BCUT2D eigenvalue weighted by Crippen LogP contribution is -2.49. The molecule has 216 valence electrons. The number of nitrogens with one attached hydrogen (secondary N) is 2. The smallest absolute Gasteiger partial charge is 0.258 e. The van der Waals surface area contributed by atoms with Crippen LogP contribution < -0.4 is 10.6 Å². The summed E-state index contributed by atoms with van der Waals surface area (Å²) in [4.78, 5) is 15.0. The zero-order valence-electron chi connectivity index (χ0n) is 22.4. The summed E-state index contributed by atoms with van der Waals surface area (Å²) in [5, 5.41) is 6.12. The number of hydrogen-bond acceptors (Lipinski definition) is 5. The lowest BCUT2D eigenvalue weighted by atomic mass is 9.96. The quantitative estimate of drug-likeness (QED) is 0.234. The molecule has 2 N–H and O–H groups in total. The van der Waals surface area contributed by atoms with Gasteiger partial charge in [0, 0.05) is 36.9 Å². The zero-order valence-corrected chi connectivity index (χ0v) is 25.6. The monoisotopic (exact) mass is 638 g/mol.